The van der Waals surface area contributed by atoms with Gasteiger partial charge in [-0.3, -0.25) is 4.90 Å². The van der Waals surface area contributed by atoms with Crippen molar-refractivity contribution in [2.24, 2.45) is 5.92 Å². The van der Waals surface area contributed by atoms with Gasteiger partial charge in [0.25, 0.3) is 0 Å². The van der Waals surface area contributed by atoms with Gasteiger partial charge in [-0.25, -0.2) is 0 Å². The molecule has 3 rings (SSSR count). The van der Waals surface area contributed by atoms with Crippen LogP contribution < -0.4 is 0 Å². The molecule has 3 atom stereocenters. The number of hydrogen-bond acceptors (Lipinski definition) is 1. The van der Waals surface area contributed by atoms with E-state index >= 15 is 0 Å². The Morgan fingerprint density at radius 2 is 1.76 bits per heavy atom. The Labute approximate surface area is 111 Å². The van der Waals surface area contributed by atoms with Gasteiger partial charge < -0.3 is 0 Å². The van der Waals surface area contributed by atoms with Crippen molar-refractivity contribution in [3.8, 4) is 0 Å². The number of benzene rings is 1. The third kappa shape index (κ3) is 1.80. The van der Waals surface area contributed by atoms with E-state index in [9.17, 15) is 0 Å². The first kappa shape index (κ1) is 12.9. The van der Waals surface area contributed by atoms with Crippen LogP contribution in [0.4, 0.5) is 0 Å². The summed E-state index contributed by atoms with van der Waals surface area (Å²) in [5, 5.41) is 0. The number of halogens is 1. The van der Waals surface area contributed by atoms with Crippen LogP contribution in [0.25, 0.3) is 0 Å². The molecule has 1 saturated heterocycles. The Hall–Kier alpha value is -0.530. The van der Waals surface area contributed by atoms with Crippen molar-refractivity contribution in [1.29, 1.82) is 0 Å². The molecule has 2 aliphatic heterocycles. The minimum atomic E-state index is 0. The molecule has 0 unspecified atom stereocenters. The fraction of sp³-hybridized carbons (Fsp3) is 0.600. The van der Waals surface area contributed by atoms with Gasteiger partial charge in [-0.1, -0.05) is 31.2 Å². The van der Waals surface area contributed by atoms with E-state index in [2.05, 4.69) is 49.9 Å². The van der Waals surface area contributed by atoms with Crippen LogP contribution in [0.5, 0.6) is 0 Å². The summed E-state index contributed by atoms with van der Waals surface area (Å²) in [5.74, 6) is 0.808. The lowest BCUT2D eigenvalue weighted by Gasteiger charge is -2.41. The molecule has 0 radical (unpaired) electrons. The molecular weight excluding hydrogens is 230 g/mol. The van der Waals surface area contributed by atoms with Gasteiger partial charge in [0.2, 0.25) is 0 Å². The molecule has 1 aromatic rings. The molecule has 0 aliphatic carbocycles. The molecule has 2 aliphatic rings. The molecule has 94 valence electrons. The molecule has 1 nitrogen and oxygen atoms in total. The molecule has 2 heterocycles. The summed E-state index contributed by atoms with van der Waals surface area (Å²) in [4.78, 5) is 2.73. The largest absolute Gasteiger partial charge is 0.287 e. The number of piperidine rings is 1. The van der Waals surface area contributed by atoms with Crippen LogP contribution in [0.1, 0.15) is 56.8 Å². The molecule has 0 saturated carbocycles. The van der Waals surface area contributed by atoms with Crippen LogP contribution >= 0.6 is 12.4 Å². The summed E-state index contributed by atoms with van der Waals surface area (Å²) in [6, 6.07) is 11.1. The molecule has 0 spiro atoms. The summed E-state index contributed by atoms with van der Waals surface area (Å²) in [7, 11) is 0. The maximum atomic E-state index is 2.73. The Bertz CT molecular complexity index is 402. The normalized spacial score (nSPS) is 31.2. The van der Waals surface area contributed by atoms with E-state index in [4.69, 9.17) is 0 Å². The minimum Gasteiger partial charge on any atom is -0.287 e. The highest BCUT2D eigenvalue weighted by Gasteiger charge is 2.44. The molecular formula is C15H22ClN. The predicted octanol–water partition coefficient (Wildman–Crippen LogP) is 4.34. The molecule has 1 aromatic carbocycles. The summed E-state index contributed by atoms with van der Waals surface area (Å²) in [5.41, 5.74) is 3.21. The maximum absolute atomic E-state index is 2.73. The minimum absolute atomic E-state index is 0. The van der Waals surface area contributed by atoms with Gasteiger partial charge in [-0.05, 0) is 43.7 Å². The molecule has 2 bridgehead atoms. The highest BCUT2D eigenvalue weighted by atomic mass is 35.5. The van der Waals surface area contributed by atoms with Crippen molar-refractivity contribution < 1.29 is 0 Å². The molecule has 0 amide bonds. The SMILES string of the molecule is CC(C)N1[C@H]2CC[C@H](C)[C@@H]1c1ccccc12.Cl. The van der Waals surface area contributed by atoms with Gasteiger partial charge in [0.05, 0.1) is 0 Å². The summed E-state index contributed by atoms with van der Waals surface area (Å²) < 4.78 is 0. The smallest absolute Gasteiger partial charge is 0.0385 e. The van der Waals surface area contributed by atoms with Crippen molar-refractivity contribution in [3.63, 3.8) is 0 Å². The Morgan fingerprint density at radius 3 is 2.41 bits per heavy atom. The molecule has 0 aromatic heterocycles. The summed E-state index contributed by atoms with van der Waals surface area (Å²) in [6.07, 6.45) is 2.72. The monoisotopic (exact) mass is 251 g/mol. The van der Waals surface area contributed by atoms with Gasteiger partial charge in [-0.15, -0.1) is 12.4 Å². The zero-order chi connectivity index (χ0) is 11.3. The van der Waals surface area contributed by atoms with E-state index in [1.807, 2.05) is 0 Å². The third-order valence-electron chi connectivity index (χ3n) is 4.39. The van der Waals surface area contributed by atoms with Crippen LogP contribution in [0.3, 0.4) is 0 Å². The van der Waals surface area contributed by atoms with E-state index in [1.165, 1.54) is 12.8 Å². The van der Waals surface area contributed by atoms with Gasteiger partial charge in [0, 0.05) is 18.1 Å². The van der Waals surface area contributed by atoms with Gasteiger partial charge in [0.1, 0.15) is 0 Å². The number of fused-ring (bicyclic) bond motifs is 5. The van der Waals surface area contributed by atoms with Crippen molar-refractivity contribution >= 4 is 12.4 Å². The van der Waals surface area contributed by atoms with E-state index in [1.54, 1.807) is 11.1 Å². The van der Waals surface area contributed by atoms with Crippen LogP contribution in [0.15, 0.2) is 24.3 Å². The summed E-state index contributed by atoms with van der Waals surface area (Å²) in [6.45, 7) is 7.09. The zero-order valence-corrected chi connectivity index (χ0v) is 11.7. The highest BCUT2D eigenvalue weighted by Crippen LogP contribution is 2.53. The second-order valence-electron chi connectivity index (χ2n) is 5.69. The Morgan fingerprint density at radius 1 is 1.12 bits per heavy atom. The van der Waals surface area contributed by atoms with E-state index in [0.717, 1.165) is 5.92 Å². The zero-order valence-electron chi connectivity index (χ0n) is 10.9. The molecule has 17 heavy (non-hydrogen) atoms. The van der Waals surface area contributed by atoms with E-state index in [0.29, 0.717) is 18.1 Å². The van der Waals surface area contributed by atoms with Crippen LogP contribution in [-0.2, 0) is 0 Å². The average Bonchev–Trinajstić information content (AvgIpc) is 2.54. The molecule has 2 heteroatoms. The van der Waals surface area contributed by atoms with Gasteiger partial charge >= 0.3 is 0 Å². The standard InChI is InChI=1S/C15H21N.ClH/c1-10(2)16-14-9-8-11(3)15(16)13-7-5-4-6-12(13)14;/h4-7,10-11,14-15H,8-9H2,1-3H3;1H/t11-,14-,15+;/m0./s1. The topological polar surface area (TPSA) is 3.24 Å². The lowest BCUT2D eigenvalue weighted by atomic mass is 9.89. The lowest BCUT2D eigenvalue weighted by Crippen LogP contribution is -2.39. The van der Waals surface area contributed by atoms with Gasteiger partial charge in [0.15, 0.2) is 0 Å². The Kier molecular flexibility index (Phi) is 3.51. The van der Waals surface area contributed by atoms with Crippen LogP contribution in [0, 0.1) is 5.92 Å². The van der Waals surface area contributed by atoms with Gasteiger partial charge in [-0.2, -0.15) is 0 Å². The maximum Gasteiger partial charge on any atom is 0.0385 e. The molecule has 0 N–H and O–H groups in total. The highest BCUT2D eigenvalue weighted by molar-refractivity contribution is 5.85. The van der Waals surface area contributed by atoms with E-state index < -0.39 is 0 Å². The fourth-order valence-corrected chi connectivity index (χ4v) is 3.76. The second-order valence-corrected chi connectivity index (χ2v) is 5.69. The van der Waals surface area contributed by atoms with Crippen molar-refractivity contribution in [2.75, 3.05) is 0 Å². The predicted molar refractivity (Wildman–Crippen MR) is 74.5 cm³/mol. The first-order valence-electron chi connectivity index (χ1n) is 6.56. The van der Waals surface area contributed by atoms with Crippen molar-refractivity contribution in [3.05, 3.63) is 35.4 Å². The number of hydrogen-bond donors (Lipinski definition) is 0. The fourth-order valence-electron chi connectivity index (χ4n) is 3.76. The van der Waals surface area contributed by atoms with Crippen molar-refractivity contribution in [2.45, 2.75) is 51.7 Å². The third-order valence-corrected chi connectivity index (χ3v) is 4.39. The summed E-state index contributed by atoms with van der Waals surface area (Å²) >= 11 is 0. The second kappa shape index (κ2) is 4.62. The number of rotatable bonds is 1. The van der Waals surface area contributed by atoms with Crippen LogP contribution in [0.2, 0.25) is 0 Å². The first-order valence-corrected chi connectivity index (χ1v) is 6.56. The Balaban J connectivity index is 0.00000108. The average molecular weight is 252 g/mol. The molecule has 1 fully saturated rings. The van der Waals surface area contributed by atoms with Crippen LogP contribution in [-0.4, -0.2) is 10.9 Å². The quantitative estimate of drug-likeness (QED) is 0.718. The van der Waals surface area contributed by atoms with E-state index in [-0.39, 0.29) is 12.4 Å². The lowest BCUT2D eigenvalue weighted by molar-refractivity contribution is 0.0395. The number of nitrogens with zero attached hydrogens (tertiary/aromatic N) is 1. The van der Waals surface area contributed by atoms with Crippen molar-refractivity contribution in [1.82, 2.24) is 4.90 Å². The first-order chi connectivity index (χ1) is 7.70.